The van der Waals surface area contributed by atoms with Gasteiger partial charge in [0.15, 0.2) is 0 Å². The fourth-order valence-electron chi connectivity index (χ4n) is 1.96. The van der Waals surface area contributed by atoms with Crippen molar-refractivity contribution in [3.05, 3.63) is 28.8 Å². The normalized spacial score (nSPS) is 16.7. The summed E-state index contributed by atoms with van der Waals surface area (Å²) in [7, 11) is 0. The van der Waals surface area contributed by atoms with Gasteiger partial charge in [0.25, 0.3) is 0 Å². The van der Waals surface area contributed by atoms with Crippen LogP contribution >= 0.6 is 11.6 Å². The fraction of sp³-hybridized carbons (Fsp3) is 0.462. The first kappa shape index (κ1) is 14.2. The molecular weight excluding hydrogens is 277 g/mol. The van der Waals surface area contributed by atoms with Crippen LogP contribution in [0.25, 0.3) is 0 Å². The lowest BCUT2D eigenvalue weighted by molar-refractivity contribution is -0.137. The highest BCUT2D eigenvalue weighted by Gasteiger charge is 2.33. The number of aliphatic imine (C=N–C) groups is 1. The molecule has 1 aromatic rings. The van der Waals surface area contributed by atoms with Crippen LogP contribution in [0.1, 0.15) is 31.2 Å². The van der Waals surface area contributed by atoms with Gasteiger partial charge >= 0.3 is 6.18 Å². The number of benzene rings is 1. The van der Waals surface area contributed by atoms with Crippen molar-refractivity contribution in [3.63, 3.8) is 0 Å². The maximum atomic E-state index is 12.7. The molecule has 19 heavy (non-hydrogen) atoms. The molecule has 0 saturated heterocycles. The second kappa shape index (κ2) is 5.82. The van der Waals surface area contributed by atoms with Crippen molar-refractivity contribution < 1.29 is 13.2 Å². The van der Waals surface area contributed by atoms with E-state index in [-0.39, 0.29) is 5.02 Å². The van der Waals surface area contributed by atoms with Crippen LogP contribution in [-0.2, 0) is 6.18 Å². The Kier molecular flexibility index (Phi) is 4.34. The van der Waals surface area contributed by atoms with E-state index in [1.54, 1.807) is 0 Å². The summed E-state index contributed by atoms with van der Waals surface area (Å²) < 4.78 is 38.2. The van der Waals surface area contributed by atoms with E-state index < -0.39 is 11.7 Å². The van der Waals surface area contributed by atoms with Gasteiger partial charge in [-0.3, -0.25) is 4.99 Å². The molecule has 0 radical (unpaired) electrons. The number of rotatable bonds is 1. The van der Waals surface area contributed by atoms with Gasteiger partial charge in [0.05, 0.1) is 10.6 Å². The summed E-state index contributed by atoms with van der Waals surface area (Å²) in [4.78, 5) is 4.32. The van der Waals surface area contributed by atoms with E-state index in [1.165, 1.54) is 12.1 Å². The van der Waals surface area contributed by atoms with Crippen molar-refractivity contribution in [2.75, 3.05) is 11.9 Å². The van der Waals surface area contributed by atoms with Crippen LogP contribution in [-0.4, -0.2) is 12.4 Å². The van der Waals surface area contributed by atoms with Crippen molar-refractivity contribution in [1.82, 2.24) is 0 Å². The quantitative estimate of drug-likeness (QED) is 0.793. The SMILES string of the molecule is FC(F)(F)c1cc(NC2=NCCCCC2)ccc1Cl. The summed E-state index contributed by atoms with van der Waals surface area (Å²) in [6.07, 6.45) is -0.543. The molecule has 0 bridgehead atoms. The molecule has 0 spiro atoms. The van der Waals surface area contributed by atoms with Gasteiger partial charge in [-0.2, -0.15) is 13.2 Å². The Hall–Kier alpha value is -1.23. The summed E-state index contributed by atoms with van der Waals surface area (Å²) in [5, 5.41) is 2.66. The van der Waals surface area contributed by atoms with Gasteiger partial charge in [0, 0.05) is 18.7 Å². The van der Waals surface area contributed by atoms with Gasteiger partial charge in [-0.25, -0.2) is 0 Å². The summed E-state index contributed by atoms with van der Waals surface area (Å²) >= 11 is 5.57. The molecule has 0 unspecified atom stereocenters. The predicted octanol–water partition coefficient (Wildman–Crippen LogP) is 4.74. The minimum Gasteiger partial charge on any atom is -0.344 e. The van der Waals surface area contributed by atoms with Crippen molar-refractivity contribution in [1.29, 1.82) is 0 Å². The molecule has 0 saturated carbocycles. The molecule has 0 atom stereocenters. The van der Waals surface area contributed by atoms with E-state index in [9.17, 15) is 13.2 Å². The van der Waals surface area contributed by atoms with Crippen molar-refractivity contribution >= 4 is 23.1 Å². The van der Waals surface area contributed by atoms with E-state index in [1.807, 2.05) is 0 Å². The average molecular weight is 291 g/mol. The predicted molar refractivity (Wildman–Crippen MR) is 70.8 cm³/mol. The third-order valence-electron chi connectivity index (χ3n) is 2.93. The topological polar surface area (TPSA) is 24.4 Å². The van der Waals surface area contributed by atoms with Crippen molar-refractivity contribution in [3.8, 4) is 0 Å². The molecule has 1 N–H and O–H groups in total. The van der Waals surface area contributed by atoms with Gasteiger partial charge in [0.1, 0.15) is 5.84 Å². The first-order valence-electron chi connectivity index (χ1n) is 6.14. The van der Waals surface area contributed by atoms with E-state index in [2.05, 4.69) is 10.3 Å². The zero-order chi connectivity index (χ0) is 13.9. The Bertz CT molecular complexity index is 483. The Morgan fingerprint density at radius 1 is 1.16 bits per heavy atom. The molecule has 6 heteroatoms. The van der Waals surface area contributed by atoms with Crippen molar-refractivity contribution in [2.45, 2.75) is 31.9 Å². The van der Waals surface area contributed by atoms with E-state index >= 15 is 0 Å². The largest absolute Gasteiger partial charge is 0.417 e. The minimum absolute atomic E-state index is 0.291. The number of hydrogen-bond acceptors (Lipinski definition) is 2. The number of hydrogen-bond donors (Lipinski definition) is 1. The molecule has 1 heterocycles. The number of alkyl halides is 3. The summed E-state index contributed by atoms with van der Waals surface area (Å²) in [6.45, 7) is 0.724. The smallest absolute Gasteiger partial charge is 0.344 e. The zero-order valence-corrected chi connectivity index (χ0v) is 11.0. The van der Waals surface area contributed by atoms with Crippen LogP contribution < -0.4 is 5.32 Å². The number of nitrogens with one attached hydrogen (secondary N) is 1. The molecule has 0 fully saturated rings. The maximum Gasteiger partial charge on any atom is 0.417 e. The molecule has 0 amide bonds. The van der Waals surface area contributed by atoms with E-state index in [0.29, 0.717) is 5.69 Å². The molecule has 104 valence electrons. The molecule has 1 aromatic carbocycles. The number of halogens is 4. The lowest BCUT2D eigenvalue weighted by atomic mass is 10.1. The lowest BCUT2D eigenvalue weighted by Gasteiger charge is -2.13. The second-order valence-electron chi connectivity index (χ2n) is 4.46. The highest BCUT2D eigenvalue weighted by Crippen LogP contribution is 2.36. The summed E-state index contributed by atoms with van der Waals surface area (Å²) in [5.41, 5.74) is -0.453. The monoisotopic (exact) mass is 290 g/mol. The highest BCUT2D eigenvalue weighted by atomic mass is 35.5. The minimum atomic E-state index is -4.44. The summed E-state index contributed by atoms with van der Waals surface area (Å²) in [6, 6.07) is 3.81. The Labute approximate surface area is 114 Å². The number of anilines is 1. The van der Waals surface area contributed by atoms with Crippen LogP contribution in [0, 0.1) is 0 Å². The number of amidine groups is 1. The van der Waals surface area contributed by atoms with Crippen LogP contribution in [0.15, 0.2) is 23.2 Å². The molecular formula is C13H14ClF3N2. The van der Waals surface area contributed by atoms with Gasteiger partial charge in [-0.05, 0) is 31.0 Å². The first-order chi connectivity index (χ1) is 8.97. The highest BCUT2D eigenvalue weighted by molar-refractivity contribution is 6.31. The lowest BCUT2D eigenvalue weighted by Crippen LogP contribution is -2.13. The molecule has 0 aliphatic carbocycles. The molecule has 1 aliphatic heterocycles. The molecule has 2 nitrogen and oxygen atoms in total. The van der Waals surface area contributed by atoms with Gasteiger partial charge in [-0.15, -0.1) is 0 Å². The second-order valence-corrected chi connectivity index (χ2v) is 4.86. The van der Waals surface area contributed by atoms with Gasteiger partial charge < -0.3 is 5.32 Å². The first-order valence-corrected chi connectivity index (χ1v) is 6.52. The van der Waals surface area contributed by atoms with E-state index in [0.717, 1.165) is 44.1 Å². The van der Waals surface area contributed by atoms with Crippen molar-refractivity contribution in [2.24, 2.45) is 4.99 Å². The Balaban J connectivity index is 2.19. The third kappa shape index (κ3) is 3.86. The fourth-order valence-corrected chi connectivity index (χ4v) is 2.19. The average Bonchev–Trinajstić information content (AvgIpc) is 2.59. The van der Waals surface area contributed by atoms with Crippen LogP contribution in [0.5, 0.6) is 0 Å². The third-order valence-corrected chi connectivity index (χ3v) is 3.26. The van der Waals surface area contributed by atoms with Crippen LogP contribution in [0.4, 0.5) is 18.9 Å². The maximum absolute atomic E-state index is 12.7. The zero-order valence-electron chi connectivity index (χ0n) is 10.2. The van der Waals surface area contributed by atoms with Gasteiger partial charge in [0.2, 0.25) is 0 Å². The molecule has 2 rings (SSSR count). The Morgan fingerprint density at radius 2 is 1.95 bits per heavy atom. The summed E-state index contributed by atoms with van der Waals surface area (Å²) in [5.74, 6) is 0.743. The van der Waals surface area contributed by atoms with E-state index in [4.69, 9.17) is 11.6 Å². The number of nitrogens with zero attached hydrogens (tertiary/aromatic N) is 1. The standard InChI is InChI=1S/C13H14ClF3N2/c14-11-6-5-9(8-10(11)13(15,16)17)19-12-4-2-1-3-7-18-12/h5-6,8H,1-4,7H2,(H,18,19). The van der Waals surface area contributed by atoms with Crippen LogP contribution in [0.3, 0.4) is 0 Å². The van der Waals surface area contributed by atoms with Crippen LogP contribution in [0.2, 0.25) is 5.02 Å². The Morgan fingerprint density at radius 3 is 2.68 bits per heavy atom. The molecule has 1 aliphatic rings. The van der Waals surface area contributed by atoms with Gasteiger partial charge in [-0.1, -0.05) is 18.0 Å². The molecule has 0 aromatic heterocycles.